The molecule has 4 heteroatoms. The fourth-order valence-electron chi connectivity index (χ4n) is 1.51. The van der Waals surface area contributed by atoms with Gasteiger partial charge in [0.15, 0.2) is 0 Å². The van der Waals surface area contributed by atoms with Gasteiger partial charge >= 0.3 is 0 Å². The quantitative estimate of drug-likeness (QED) is 0.895. The van der Waals surface area contributed by atoms with Crippen molar-refractivity contribution in [2.75, 3.05) is 6.54 Å². The standard InChI is InChI=1S/C11H15BrClNO/c1-2-7(6-14)11(15)9-4-3-8(12)5-10(9)13/h3-5,7,11,15H,2,6,14H2,1H3. The number of aliphatic hydroxyl groups is 1. The first-order chi connectivity index (χ1) is 7.10. The number of rotatable bonds is 4. The molecule has 2 nitrogen and oxygen atoms in total. The highest BCUT2D eigenvalue weighted by atomic mass is 79.9. The third kappa shape index (κ3) is 3.18. The van der Waals surface area contributed by atoms with Crippen molar-refractivity contribution >= 4 is 27.5 Å². The molecule has 0 amide bonds. The fraction of sp³-hybridized carbons (Fsp3) is 0.455. The maximum atomic E-state index is 10.1. The lowest BCUT2D eigenvalue weighted by atomic mass is 9.94. The molecule has 0 aliphatic rings. The van der Waals surface area contributed by atoms with Gasteiger partial charge < -0.3 is 10.8 Å². The third-order valence-electron chi connectivity index (χ3n) is 2.55. The Morgan fingerprint density at radius 3 is 2.67 bits per heavy atom. The zero-order chi connectivity index (χ0) is 11.4. The average molecular weight is 293 g/mol. The lowest BCUT2D eigenvalue weighted by molar-refractivity contribution is 0.110. The van der Waals surface area contributed by atoms with Crippen LogP contribution in [0, 0.1) is 5.92 Å². The van der Waals surface area contributed by atoms with Crippen molar-refractivity contribution in [1.29, 1.82) is 0 Å². The predicted molar refractivity (Wildman–Crippen MR) is 66.9 cm³/mol. The first-order valence-electron chi connectivity index (χ1n) is 4.93. The highest BCUT2D eigenvalue weighted by Gasteiger charge is 2.20. The minimum atomic E-state index is -0.583. The SMILES string of the molecule is CCC(CN)C(O)c1ccc(Br)cc1Cl. The molecule has 0 heterocycles. The molecule has 3 N–H and O–H groups in total. The van der Waals surface area contributed by atoms with E-state index in [-0.39, 0.29) is 5.92 Å². The van der Waals surface area contributed by atoms with Gasteiger partial charge in [0, 0.05) is 15.4 Å². The van der Waals surface area contributed by atoms with Gasteiger partial charge in [0.05, 0.1) is 6.10 Å². The Hall–Kier alpha value is -0.0900. The molecule has 1 aromatic carbocycles. The molecular formula is C11H15BrClNO. The van der Waals surface area contributed by atoms with E-state index in [1.54, 1.807) is 6.07 Å². The van der Waals surface area contributed by atoms with E-state index in [1.165, 1.54) is 0 Å². The van der Waals surface area contributed by atoms with Crippen LogP contribution >= 0.6 is 27.5 Å². The van der Waals surface area contributed by atoms with Gasteiger partial charge in [-0.05, 0) is 30.7 Å². The summed E-state index contributed by atoms with van der Waals surface area (Å²) in [6.45, 7) is 2.47. The molecule has 0 spiro atoms. The maximum Gasteiger partial charge on any atom is 0.0844 e. The van der Waals surface area contributed by atoms with Gasteiger partial charge in [-0.25, -0.2) is 0 Å². The van der Waals surface area contributed by atoms with Crippen molar-refractivity contribution in [3.05, 3.63) is 33.3 Å². The largest absolute Gasteiger partial charge is 0.388 e. The summed E-state index contributed by atoms with van der Waals surface area (Å²) in [5, 5.41) is 10.6. The molecule has 0 saturated carbocycles. The molecule has 2 atom stereocenters. The van der Waals surface area contributed by atoms with Gasteiger partial charge in [0.25, 0.3) is 0 Å². The van der Waals surface area contributed by atoms with Crippen LogP contribution in [0.3, 0.4) is 0 Å². The van der Waals surface area contributed by atoms with E-state index < -0.39 is 6.10 Å². The monoisotopic (exact) mass is 291 g/mol. The van der Waals surface area contributed by atoms with Crippen LogP contribution in [0.5, 0.6) is 0 Å². The highest BCUT2D eigenvalue weighted by molar-refractivity contribution is 9.10. The smallest absolute Gasteiger partial charge is 0.0844 e. The number of hydrogen-bond acceptors (Lipinski definition) is 2. The topological polar surface area (TPSA) is 46.2 Å². The van der Waals surface area contributed by atoms with E-state index in [4.69, 9.17) is 17.3 Å². The molecule has 15 heavy (non-hydrogen) atoms. The number of nitrogens with two attached hydrogens (primary N) is 1. The first kappa shape index (κ1) is 13.0. The van der Waals surface area contributed by atoms with Gasteiger partial charge in [-0.15, -0.1) is 0 Å². The van der Waals surface area contributed by atoms with Crippen LogP contribution < -0.4 is 5.73 Å². The molecule has 0 saturated heterocycles. The third-order valence-corrected chi connectivity index (χ3v) is 3.38. The van der Waals surface area contributed by atoms with Crippen molar-refractivity contribution in [3.8, 4) is 0 Å². The Balaban J connectivity index is 2.94. The number of halogens is 2. The summed E-state index contributed by atoms with van der Waals surface area (Å²) < 4.78 is 0.907. The van der Waals surface area contributed by atoms with E-state index in [0.717, 1.165) is 16.5 Å². The molecule has 1 rings (SSSR count). The van der Waals surface area contributed by atoms with Crippen molar-refractivity contribution in [2.24, 2.45) is 11.7 Å². The van der Waals surface area contributed by atoms with Crippen LogP contribution in [0.25, 0.3) is 0 Å². The summed E-state index contributed by atoms with van der Waals surface area (Å²) in [6, 6.07) is 5.48. The molecular weight excluding hydrogens is 277 g/mol. The molecule has 0 bridgehead atoms. The van der Waals surface area contributed by atoms with Gasteiger partial charge in [0.2, 0.25) is 0 Å². The molecule has 0 aliphatic heterocycles. The minimum Gasteiger partial charge on any atom is -0.388 e. The van der Waals surface area contributed by atoms with Crippen LogP contribution in [0.15, 0.2) is 22.7 Å². The molecule has 1 aromatic rings. The summed E-state index contributed by atoms with van der Waals surface area (Å²) in [6.07, 6.45) is 0.255. The number of aliphatic hydroxyl groups excluding tert-OH is 1. The summed E-state index contributed by atoms with van der Waals surface area (Å²) in [5.41, 5.74) is 6.34. The van der Waals surface area contributed by atoms with Crippen LogP contribution in [0.4, 0.5) is 0 Å². The van der Waals surface area contributed by atoms with Crippen LogP contribution in [0.2, 0.25) is 5.02 Å². The Labute approximate surface area is 104 Å². The Bertz CT molecular complexity index is 328. The van der Waals surface area contributed by atoms with Crippen molar-refractivity contribution in [3.63, 3.8) is 0 Å². The highest BCUT2D eigenvalue weighted by Crippen LogP contribution is 2.31. The van der Waals surface area contributed by atoms with E-state index >= 15 is 0 Å². The molecule has 0 aliphatic carbocycles. The Kier molecular flexibility index (Phi) is 5.06. The normalized spacial score (nSPS) is 15.0. The second-order valence-corrected chi connectivity index (χ2v) is 4.84. The molecule has 2 unspecified atom stereocenters. The summed E-state index contributed by atoms with van der Waals surface area (Å²) in [7, 11) is 0. The predicted octanol–water partition coefficient (Wildman–Crippen LogP) is 3.12. The minimum absolute atomic E-state index is 0.0590. The van der Waals surface area contributed by atoms with Crippen molar-refractivity contribution in [1.82, 2.24) is 0 Å². The van der Waals surface area contributed by atoms with Crippen molar-refractivity contribution < 1.29 is 5.11 Å². The Morgan fingerprint density at radius 1 is 1.53 bits per heavy atom. The van der Waals surface area contributed by atoms with Gasteiger partial charge in [-0.3, -0.25) is 0 Å². The van der Waals surface area contributed by atoms with Gasteiger partial charge in [-0.1, -0.05) is 40.5 Å². The van der Waals surface area contributed by atoms with Crippen LogP contribution in [-0.4, -0.2) is 11.7 Å². The van der Waals surface area contributed by atoms with Crippen molar-refractivity contribution in [2.45, 2.75) is 19.4 Å². The van der Waals surface area contributed by atoms with Crippen LogP contribution in [0.1, 0.15) is 25.0 Å². The lowest BCUT2D eigenvalue weighted by Gasteiger charge is -2.21. The number of hydrogen-bond donors (Lipinski definition) is 2. The molecule has 0 aromatic heterocycles. The summed E-state index contributed by atoms with van der Waals surface area (Å²) in [5.74, 6) is 0.0590. The maximum absolute atomic E-state index is 10.1. The average Bonchev–Trinajstić information content (AvgIpc) is 2.19. The first-order valence-corrected chi connectivity index (χ1v) is 6.10. The second-order valence-electron chi connectivity index (χ2n) is 3.51. The fourth-order valence-corrected chi connectivity index (χ4v) is 2.30. The van der Waals surface area contributed by atoms with Gasteiger partial charge in [0.1, 0.15) is 0 Å². The molecule has 0 radical (unpaired) electrons. The lowest BCUT2D eigenvalue weighted by Crippen LogP contribution is -2.21. The van der Waals surface area contributed by atoms with E-state index in [9.17, 15) is 5.11 Å². The summed E-state index contributed by atoms with van der Waals surface area (Å²) in [4.78, 5) is 0. The molecule has 84 valence electrons. The molecule has 0 fully saturated rings. The Morgan fingerprint density at radius 2 is 2.20 bits per heavy atom. The number of benzene rings is 1. The zero-order valence-corrected chi connectivity index (χ0v) is 10.9. The summed E-state index contributed by atoms with van der Waals surface area (Å²) >= 11 is 9.38. The van der Waals surface area contributed by atoms with Crippen LogP contribution in [-0.2, 0) is 0 Å². The van der Waals surface area contributed by atoms with E-state index in [1.807, 2.05) is 19.1 Å². The zero-order valence-electron chi connectivity index (χ0n) is 8.58. The van der Waals surface area contributed by atoms with E-state index in [0.29, 0.717) is 11.6 Å². The van der Waals surface area contributed by atoms with E-state index in [2.05, 4.69) is 15.9 Å². The second kappa shape index (κ2) is 5.85. The van der Waals surface area contributed by atoms with Gasteiger partial charge in [-0.2, -0.15) is 0 Å².